The van der Waals surface area contributed by atoms with Crippen LogP contribution < -0.4 is 9.64 Å². The number of hydrogen-bond acceptors (Lipinski definition) is 4. The van der Waals surface area contributed by atoms with Crippen LogP contribution in [0.2, 0.25) is 0 Å². The van der Waals surface area contributed by atoms with Gasteiger partial charge in [-0.15, -0.1) is 0 Å². The lowest BCUT2D eigenvalue weighted by Gasteiger charge is -2.36. The predicted molar refractivity (Wildman–Crippen MR) is 90.0 cm³/mol. The molecule has 6 nitrogen and oxygen atoms in total. The smallest absolute Gasteiger partial charge is 0.228 e. The molecule has 2 aliphatic rings. The molecule has 6 heteroatoms. The van der Waals surface area contributed by atoms with E-state index in [0.717, 1.165) is 5.69 Å². The maximum atomic E-state index is 12.8. The number of anilines is 1. The van der Waals surface area contributed by atoms with E-state index in [9.17, 15) is 9.59 Å². The number of nitrogens with zero attached hydrogens (tertiary/aromatic N) is 2. The Balaban J connectivity index is 1.71. The summed E-state index contributed by atoms with van der Waals surface area (Å²) in [6, 6.07) is 7.38. The lowest BCUT2D eigenvalue weighted by atomic mass is 10.1. The normalized spacial score (nSPS) is 27.5. The highest BCUT2D eigenvalue weighted by Crippen LogP contribution is 2.29. The van der Waals surface area contributed by atoms with Crippen LogP contribution in [-0.4, -0.2) is 55.7 Å². The highest BCUT2D eigenvalue weighted by Gasteiger charge is 2.39. The van der Waals surface area contributed by atoms with Crippen LogP contribution in [-0.2, 0) is 14.3 Å². The molecule has 0 aliphatic carbocycles. The van der Waals surface area contributed by atoms with E-state index in [1.54, 1.807) is 12.0 Å². The van der Waals surface area contributed by atoms with Crippen LogP contribution in [0.4, 0.5) is 5.69 Å². The molecular weight excluding hydrogens is 308 g/mol. The summed E-state index contributed by atoms with van der Waals surface area (Å²) in [7, 11) is 1.60. The van der Waals surface area contributed by atoms with Gasteiger partial charge in [0.15, 0.2) is 0 Å². The van der Waals surface area contributed by atoms with Crippen molar-refractivity contribution in [2.75, 3.05) is 31.6 Å². The molecule has 2 saturated heterocycles. The fourth-order valence-corrected chi connectivity index (χ4v) is 3.52. The van der Waals surface area contributed by atoms with E-state index in [0.29, 0.717) is 25.4 Å². The minimum Gasteiger partial charge on any atom is -0.497 e. The molecule has 24 heavy (non-hydrogen) atoms. The lowest BCUT2D eigenvalue weighted by molar-refractivity contribution is -0.147. The van der Waals surface area contributed by atoms with Gasteiger partial charge in [-0.25, -0.2) is 0 Å². The van der Waals surface area contributed by atoms with Crippen molar-refractivity contribution in [3.63, 3.8) is 0 Å². The summed E-state index contributed by atoms with van der Waals surface area (Å²) in [4.78, 5) is 28.7. The van der Waals surface area contributed by atoms with Crippen LogP contribution in [0.15, 0.2) is 24.3 Å². The van der Waals surface area contributed by atoms with Crippen molar-refractivity contribution in [1.29, 1.82) is 0 Å². The quantitative estimate of drug-likeness (QED) is 0.845. The monoisotopic (exact) mass is 332 g/mol. The van der Waals surface area contributed by atoms with Crippen LogP contribution in [0.25, 0.3) is 0 Å². The van der Waals surface area contributed by atoms with Crippen LogP contribution in [0.5, 0.6) is 5.75 Å². The van der Waals surface area contributed by atoms with Gasteiger partial charge in [-0.2, -0.15) is 0 Å². The Labute approximate surface area is 142 Å². The van der Waals surface area contributed by atoms with Crippen LogP contribution in [0.1, 0.15) is 20.3 Å². The summed E-state index contributed by atoms with van der Waals surface area (Å²) in [6.45, 7) is 5.54. The maximum Gasteiger partial charge on any atom is 0.228 e. The van der Waals surface area contributed by atoms with Crippen molar-refractivity contribution in [1.82, 2.24) is 4.90 Å². The number of rotatable bonds is 3. The van der Waals surface area contributed by atoms with Crippen molar-refractivity contribution in [2.24, 2.45) is 5.92 Å². The van der Waals surface area contributed by atoms with Gasteiger partial charge in [0.2, 0.25) is 11.8 Å². The topological polar surface area (TPSA) is 59.1 Å². The standard InChI is InChI=1S/C18H24N2O4/c1-12-9-19(10-13(2)24-12)18(22)14-7-17(21)20(11-14)15-5-4-6-16(8-15)23-3/h4-6,8,12-14H,7,9-11H2,1-3H3/t12-,13+,14-/m1/s1. The fourth-order valence-electron chi connectivity index (χ4n) is 3.52. The van der Waals surface area contributed by atoms with Crippen LogP contribution in [0, 0.1) is 5.92 Å². The van der Waals surface area contributed by atoms with E-state index in [2.05, 4.69) is 0 Å². The SMILES string of the molecule is COc1cccc(N2C[C@H](C(=O)N3C[C@@H](C)O[C@@H](C)C3)CC2=O)c1. The van der Waals surface area contributed by atoms with Gasteiger partial charge in [0.25, 0.3) is 0 Å². The molecule has 0 bridgehead atoms. The van der Waals surface area contributed by atoms with Gasteiger partial charge in [0.1, 0.15) is 5.75 Å². The minimum atomic E-state index is -0.291. The molecule has 0 N–H and O–H groups in total. The Morgan fingerprint density at radius 1 is 1.21 bits per heavy atom. The summed E-state index contributed by atoms with van der Waals surface area (Å²) in [5, 5.41) is 0. The Bertz CT molecular complexity index is 623. The Kier molecular flexibility index (Phi) is 4.76. The second-order valence-corrected chi connectivity index (χ2v) is 6.61. The molecule has 2 heterocycles. The highest BCUT2D eigenvalue weighted by atomic mass is 16.5. The van der Waals surface area contributed by atoms with Crippen LogP contribution in [0.3, 0.4) is 0 Å². The number of carbonyl (C=O) groups is 2. The maximum absolute atomic E-state index is 12.8. The number of benzene rings is 1. The third-order valence-corrected chi connectivity index (χ3v) is 4.57. The number of morpholine rings is 1. The second kappa shape index (κ2) is 6.81. The van der Waals surface area contributed by atoms with E-state index in [-0.39, 0.29) is 36.4 Å². The fraction of sp³-hybridized carbons (Fsp3) is 0.556. The molecular formula is C18H24N2O4. The molecule has 2 amide bonds. The molecule has 3 atom stereocenters. The lowest BCUT2D eigenvalue weighted by Crippen LogP contribution is -2.50. The molecule has 3 rings (SSSR count). The molecule has 2 aliphatic heterocycles. The molecule has 0 unspecified atom stereocenters. The van der Waals surface area contributed by atoms with E-state index in [1.165, 1.54) is 0 Å². The molecule has 130 valence electrons. The first-order chi connectivity index (χ1) is 11.5. The van der Waals surface area contributed by atoms with Crippen molar-refractivity contribution < 1.29 is 19.1 Å². The predicted octanol–water partition coefficient (Wildman–Crippen LogP) is 1.68. The van der Waals surface area contributed by atoms with Crippen molar-refractivity contribution in [3.8, 4) is 5.75 Å². The van der Waals surface area contributed by atoms with Gasteiger partial charge in [0.05, 0.1) is 25.2 Å². The first-order valence-electron chi connectivity index (χ1n) is 8.36. The van der Waals surface area contributed by atoms with Crippen molar-refractivity contribution >= 4 is 17.5 Å². The third-order valence-electron chi connectivity index (χ3n) is 4.57. The molecule has 0 aromatic heterocycles. The van der Waals surface area contributed by atoms with E-state index >= 15 is 0 Å². The Hall–Kier alpha value is -2.08. The molecule has 0 saturated carbocycles. The van der Waals surface area contributed by atoms with Gasteiger partial charge in [-0.05, 0) is 26.0 Å². The number of hydrogen-bond donors (Lipinski definition) is 0. The molecule has 0 spiro atoms. The average Bonchev–Trinajstić information content (AvgIpc) is 2.95. The van der Waals surface area contributed by atoms with E-state index in [4.69, 9.17) is 9.47 Å². The van der Waals surface area contributed by atoms with Gasteiger partial charge in [-0.1, -0.05) is 6.07 Å². The van der Waals surface area contributed by atoms with Crippen molar-refractivity contribution in [3.05, 3.63) is 24.3 Å². The molecule has 0 radical (unpaired) electrons. The summed E-state index contributed by atoms with van der Waals surface area (Å²) in [5.41, 5.74) is 0.776. The summed E-state index contributed by atoms with van der Waals surface area (Å²) < 4.78 is 10.9. The van der Waals surface area contributed by atoms with E-state index in [1.807, 2.05) is 43.0 Å². The third kappa shape index (κ3) is 3.38. The number of carbonyl (C=O) groups excluding carboxylic acids is 2. The zero-order valence-corrected chi connectivity index (χ0v) is 14.4. The first-order valence-corrected chi connectivity index (χ1v) is 8.36. The Morgan fingerprint density at radius 3 is 2.58 bits per heavy atom. The summed E-state index contributed by atoms with van der Waals surface area (Å²) in [6.07, 6.45) is 0.324. The number of amides is 2. The zero-order valence-electron chi connectivity index (χ0n) is 14.4. The number of ether oxygens (including phenoxy) is 2. The molecule has 1 aromatic carbocycles. The summed E-state index contributed by atoms with van der Waals surface area (Å²) in [5.74, 6) is 0.443. The Morgan fingerprint density at radius 2 is 1.92 bits per heavy atom. The molecule has 1 aromatic rings. The number of methoxy groups -OCH3 is 1. The van der Waals surface area contributed by atoms with Gasteiger partial charge < -0.3 is 19.3 Å². The highest BCUT2D eigenvalue weighted by molar-refractivity contribution is 6.00. The van der Waals surface area contributed by atoms with Gasteiger partial charge >= 0.3 is 0 Å². The van der Waals surface area contributed by atoms with Crippen molar-refractivity contribution in [2.45, 2.75) is 32.5 Å². The van der Waals surface area contributed by atoms with Gasteiger partial charge in [0, 0.05) is 37.8 Å². The molecule has 2 fully saturated rings. The van der Waals surface area contributed by atoms with E-state index < -0.39 is 0 Å². The van der Waals surface area contributed by atoms with Gasteiger partial charge in [-0.3, -0.25) is 9.59 Å². The average molecular weight is 332 g/mol. The second-order valence-electron chi connectivity index (χ2n) is 6.61. The van der Waals surface area contributed by atoms with Crippen LogP contribution >= 0.6 is 0 Å². The summed E-state index contributed by atoms with van der Waals surface area (Å²) >= 11 is 0. The minimum absolute atomic E-state index is 0.0176. The zero-order chi connectivity index (χ0) is 17.3. The first kappa shape index (κ1) is 16.8. The largest absolute Gasteiger partial charge is 0.497 e.